The van der Waals surface area contributed by atoms with Crippen molar-refractivity contribution in [3.05, 3.63) is 226 Å². The average molecular weight is 950 g/mol. The highest BCUT2D eigenvalue weighted by molar-refractivity contribution is 5.65. The fourth-order valence-electron chi connectivity index (χ4n) is 8.72. The average Bonchev–Trinajstić information content (AvgIpc) is 3.40. The van der Waals surface area contributed by atoms with Crippen molar-refractivity contribution in [2.24, 2.45) is 5.11 Å². The SMILES string of the molecule is CC(=O)OC[C@H]1O[C@H](O[C@H]2[C@H](O)[C@H](OCc3ccccc3)[C@@H](OCc3ccccc3)[C@H](OCc3ccccc3)[C@H]2OCc2ccccc2)[C@H](N=[N+]=[N-])[C@@H](OCc2ccccc2)[C@@H]1OCc1ccccc1. The van der Waals surface area contributed by atoms with Crippen LogP contribution in [0.3, 0.4) is 0 Å². The van der Waals surface area contributed by atoms with Crippen LogP contribution in [0.25, 0.3) is 10.4 Å². The van der Waals surface area contributed by atoms with Crippen LogP contribution in [0.15, 0.2) is 187 Å². The lowest BCUT2D eigenvalue weighted by Gasteiger charge is -2.51. The molecule has 11 atom stereocenters. The molecule has 0 radical (unpaired) electrons. The maximum Gasteiger partial charge on any atom is 0.302 e. The molecule has 1 saturated carbocycles. The van der Waals surface area contributed by atoms with Crippen LogP contribution in [0, 0.1) is 0 Å². The van der Waals surface area contributed by atoms with Gasteiger partial charge in [0.1, 0.15) is 67.6 Å². The van der Waals surface area contributed by atoms with Crippen molar-refractivity contribution in [3.63, 3.8) is 0 Å². The Bertz CT molecular complexity index is 2490. The van der Waals surface area contributed by atoms with Crippen LogP contribution >= 0.6 is 0 Å². The van der Waals surface area contributed by atoms with Crippen molar-refractivity contribution in [1.29, 1.82) is 0 Å². The lowest BCUT2D eigenvalue weighted by atomic mass is 9.83. The Hall–Kier alpha value is -6.26. The largest absolute Gasteiger partial charge is 0.463 e. The molecular formula is C56H59N3O11. The number of rotatable bonds is 23. The van der Waals surface area contributed by atoms with Crippen molar-refractivity contribution in [2.45, 2.75) is 114 Å². The molecule has 70 heavy (non-hydrogen) atoms. The normalized spacial score (nSPS) is 25.4. The van der Waals surface area contributed by atoms with Gasteiger partial charge in [0, 0.05) is 11.8 Å². The maximum absolute atomic E-state index is 13.0. The zero-order chi connectivity index (χ0) is 48.3. The number of aliphatic hydroxyl groups excluding tert-OH is 1. The summed E-state index contributed by atoms with van der Waals surface area (Å²) in [6.07, 6.45) is -11.1. The molecule has 6 aromatic rings. The Labute approximate surface area is 408 Å². The van der Waals surface area contributed by atoms with E-state index < -0.39 is 73.2 Å². The first-order chi connectivity index (χ1) is 34.4. The first-order valence-corrected chi connectivity index (χ1v) is 23.5. The summed E-state index contributed by atoms with van der Waals surface area (Å²) in [4.78, 5) is 15.7. The van der Waals surface area contributed by atoms with Gasteiger partial charge >= 0.3 is 5.97 Å². The molecule has 1 heterocycles. The van der Waals surface area contributed by atoms with Crippen molar-refractivity contribution >= 4 is 5.97 Å². The van der Waals surface area contributed by atoms with Crippen molar-refractivity contribution in [1.82, 2.24) is 0 Å². The second-order valence-electron chi connectivity index (χ2n) is 17.2. The molecule has 2 aliphatic rings. The fraction of sp³-hybridized carbons (Fsp3) is 0.339. The molecule has 0 aromatic heterocycles. The number of hydrogen-bond donors (Lipinski definition) is 1. The Morgan fingerprint density at radius 1 is 0.486 bits per heavy atom. The molecular weight excluding hydrogens is 891 g/mol. The van der Waals surface area contributed by atoms with Crippen LogP contribution in [0.5, 0.6) is 0 Å². The minimum absolute atomic E-state index is 0.0985. The first-order valence-electron chi connectivity index (χ1n) is 23.5. The number of carbonyl (C=O) groups is 1. The third-order valence-electron chi connectivity index (χ3n) is 12.2. The second kappa shape index (κ2) is 26.1. The van der Waals surface area contributed by atoms with E-state index in [2.05, 4.69) is 10.0 Å². The van der Waals surface area contributed by atoms with Crippen LogP contribution in [0.2, 0.25) is 0 Å². The molecule has 0 spiro atoms. The molecule has 1 N–H and O–H groups in total. The highest BCUT2D eigenvalue weighted by Gasteiger charge is 2.57. The Balaban J connectivity index is 1.20. The van der Waals surface area contributed by atoms with E-state index in [0.717, 1.165) is 33.4 Å². The van der Waals surface area contributed by atoms with Crippen LogP contribution < -0.4 is 0 Å². The van der Waals surface area contributed by atoms with E-state index in [1.54, 1.807) is 0 Å². The molecule has 8 rings (SSSR count). The van der Waals surface area contributed by atoms with Gasteiger partial charge in [0.05, 0.1) is 39.6 Å². The van der Waals surface area contributed by atoms with E-state index in [-0.39, 0.29) is 46.2 Å². The molecule has 1 aliphatic carbocycles. The van der Waals surface area contributed by atoms with Gasteiger partial charge in [-0.3, -0.25) is 4.79 Å². The monoisotopic (exact) mass is 949 g/mol. The van der Waals surface area contributed by atoms with E-state index in [1.807, 2.05) is 182 Å². The Kier molecular flexibility index (Phi) is 18.7. The van der Waals surface area contributed by atoms with Crippen LogP contribution in [0.4, 0.5) is 0 Å². The summed E-state index contributed by atoms with van der Waals surface area (Å²) in [5.41, 5.74) is 15.5. The minimum atomic E-state index is -1.46. The number of hydrogen-bond acceptors (Lipinski definition) is 12. The molecule has 364 valence electrons. The zero-order valence-electron chi connectivity index (χ0n) is 39.0. The number of benzene rings is 6. The van der Waals surface area contributed by atoms with Gasteiger partial charge in [0.15, 0.2) is 6.29 Å². The van der Waals surface area contributed by atoms with Gasteiger partial charge in [-0.2, -0.15) is 0 Å². The van der Waals surface area contributed by atoms with E-state index >= 15 is 0 Å². The summed E-state index contributed by atoms with van der Waals surface area (Å²) in [6.45, 7) is 1.80. The van der Waals surface area contributed by atoms with E-state index in [4.69, 9.17) is 42.6 Å². The second-order valence-corrected chi connectivity index (χ2v) is 17.2. The third-order valence-corrected chi connectivity index (χ3v) is 12.2. The number of esters is 1. The molecule has 1 saturated heterocycles. The molecule has 0 bridgehead atoms. The number of ether oxygens (including phenoxy) is 9. The van der Waals surface area contributed by atoms with Crippen LogP contribution in [0.1, 0.15) is 40.3 Å². The number of aliphatic hydroxyl groups is 1. The Morgan fingerprint density at radius 2 is 0.800 bits per heavy atom. The molecule has 14 heteroatoms. The van der Waals surface area contributed by atoms with Crippen LogP contribution in [-0.4, -0.2) is 85.0 Å². The van der Waals surface area contributed by atoms with Gasteiger partial charge in [0.2, 0.25) is 0 Å². The number of carbonyl (C=O) groups excluding carboxylic acids is 1. The van der Waals surface area contributed by atoms with E-state index in [1.165, 1.54) is 6.92 Å². The summed E-state index contributed by atoms with van der Waals surface area (Å²) in [7, 11) is 0. The predicted octanol–water partition coefficient (Wildman–Crippen LogP) is 9.23. The topological polar surface area (TPSA) is 169 Å². The van der Waals surface area contributed by atoms with Gasteiger partial charge < -0.3 is 47.7 Å². The highest BCUT2D eigenvalue weighted by Crippen LogP contribution is 2.38. The number of nitrogens with zero attached hydrogens (tertiary/aromatic N) is 3. The predicted molar refractivity (Wildman–Crippen MR) is 259 cm³/mol. The summed E-state index contributed by atoms with van der Waals surface area (Å²) in [5, 5.41) is 17.2. The lowest BCUT2D eigenvalue weighted by Crippen LogP contribution is -2.69. The summed E-state index contributed by atoms with van der Waals surface area (Å²) >= 11 is 0. The molecule has 1 aliphatic heterocycles. The van der Waals surface area contributed by atoms with Crippen molar-refractivity contribution in [3.8, 4) is 0 Å². The van der Waals surface area contributed by atoms with Crippen molar-refractivity contribution < 1.29 is 52.5 Å². The summed E-state index contributed by atoms with van der Waals surface area (Å²) in [6, 6.07) is 56.6. The van der Waals surface area contributed by atoms with Gasteiger partial charge in [-0.05, 0) is 38.9 Å². The molecule has 0 amide bonds. The van der Waals surface area contributed by atoms with Gasteiger partial charge in [-0.1, -0.05) is 187 Å². The summed E-state index contributed by atoms with van der Waals surface area (Å²) < 4.78 is 60.2. The molecule has 2 fully saturated rings. The molecule has 0 unspecified atom stereocenters. The first kappa shape index (κ1) is 50.1. The third kappa shape index (κ3) is 14.0. The smallest absolute Gasteiger partial charge is 0.302 e. The van der Waals surface area contributed by atoms with Crippen LogP contribution in [-0.2, 0) is 87.1 Å². The standard InChI is InChI=1S/C56H59N3O11/c1-39(60)62-38-46-49(63-32-40-20-8-2-9-21-40)50(64-33-41-22-10-3-11-23-41)47(58-59-57)56(69-46)70-52-48(61)51(65-34-42-24-12-4-13-25-42)53(66-35-43-26-14-5-15-27-43)55(68-37-45-30-18-7-19-31-45)54(52)67-36-44-28-16-6-17-29-44/h2-31,46-56,61H,32-38H2,1H3/t46-,47-,48-,49-,50-,51+,52+,53-,54+,55+,56-/m1/s1. The zero-order valence-corrected chi connectivity index (χ0v) is 39.0. The number of azide groups is 1. The minimum Gasteiger partial charge on any atom is -0.463 e. The maximum atomic E-state index is 13.0. The quantitative estimate of drug-likeness (QED) is 0.0281. The summed E-state index contributed by atoms with van der Waals surface area (Å²) in [5.74, 6) is -0.544. The highest BCUT2D eigenvalue weighted by atomic mass is 16.7. The van der Waals surface area contributed by atoms with Gasteiger partial charge in [-0.25, -0.2) is 0 Å². The van der Waals surface area contributed by atoms with E-state index in [0.29, 0.717) is 0 Å². The molecule has 14 nitrogen and oxygen atoms in total. The molecule has 6 aromatic carbocycles. The Morgan fingerprint density at radius 3 is 1.16 bits per heavy atom. The van der Waals surface area contributed by atoms with Gasteiger partial charge in [0.25, 0.3) is 0 Å². The lowest BCUT2D eigenvalue weighted by molar-refractivity contribution is -0.337. The van der Waals surface area contributed by atoms with E-state index in [9.17, 15) is 15.4 Å². The van der Waals surface area contributed by atoms with Gasteiger partial charge in [-0.15, -0.1) is 0 Å². The fourth-order valence-corrected chi connectivity index (χ4v) is 8.72. The van der Waals surface area contributed by atoms with Crippen molar-refractivity contribution in [2.75, 3.05) is 6.61 Å².